The number of halogens is 3. The predicted octanol–water partition coefficient (Wildman–Crippen LogP) is 4.96. The molecule has 0 fully saturated rings. The van der Waals surface area contributed by atoms with Crippen molar-refractivity contribution in [3.05, 3.63) is 57.3 Å². The minimum Gasteiger partial charge on any atom is -0.478 e. The summed E-state index contributed by atoms with van der Waals surface area (Å²) in [5.74, 6) is -0.894. The van der Waals surface area contributed by atoms with Crippen molar-refractivity contribution in [1.29, 1.82) is 0 Å². The summed E-state index contributed by atoms with van der Waals surface area (Å²) in [6.07, 6.45) is -0.853. The average Bonchev–Trinajstić information content (AvgIpc) is 2.45. The molecule has 0 saturated carbocycles. The Bertz CT molecular complexity index is 709. The lowest BCUT2D eigenvalue weighted by Crippen LogP contribution is -2.30. The number of hydrogen-bond donors (Lipinski definition) is 1. The van der Waals surface area contributed by atoms with Crippen molar-refractivity contribution in [1.82, 2.24) is 0 Å². The maximum Gasteiger partial charge on any atom is 0.265 e. The summed E-state index contributed by atoms with van der Waals surface area (Å²) in [5, 5.41) is 3.24. The second-order valence-corrected chi connectivity index (χ2v) is 6.14. The molecule has 0 aliphatic carbocycles. The number of carbonyl (C=O) groups is 1. The van der Waals surface area contributed by atoms with E-state index in [9.17, 15) is 9.18 Å². The zero-order chi connectivity index (χ0) is 16.3. The molecule has 0 radical (unpaired) electrons. The topological polar surface area (TPSA) is 38.3 Å². The van der Waals surface area contributed by atoms with Gasteiger partial charge >= 0.3 is 0 Å². The van der Waals surface area contributed by atoms with Gasteiger partial charge in [-0.25, -0.2) is 4.39 Å². The van der Waals surface area contributed by atoms with Crippen LogP contribution in [-0.4, -0.2) is 12.0 Å². The van der Waals surface area contributed by atoms with E-state index in [0.29, 0.717) is 15.2 Å². The molecule has 0 aromatic heterocycles. The van der Waals surface area contributed by atoms with Gasteiger partial charge in [-0.3, -0.25) is 4.79 Å². The number of aryl methyl sites for hydroxylation is 1. The van der Waals surface area contributed by atoms with E-state index in [1.807, 2.05) is 6.92 Å². The van der Waals surface area contributed by atoms with Gasteiger partial charge < -0.3 is 10.1 Å². The van der Waals surface area contributed by atoms with Crippen molar-refractivity contribution in [2.24, 2.45) is 0 Å². The SMILES string of the molecule is Cc1ccc(Cl)cc1NC(=O)[C@H](C)Oc1ccc(Br)cc1F. The summed E-state index contributed by atoms with van der Waals surface area (Å²) < 4.78 is 19.7. The van der Waals surface area contributed by atoms with Crippen LogP contribution in [0.2, 0.25) is 5.02 Å². The molecule has 0 aliphatic heterocycles. The van der Waals surface area contributed by atoms with Gasteiger partial charge in [-0.15, -0.1) is 0 Å². The number of rotatable bonds is 4. The Kier molecular flexibility index (Phi) is 5.42. The highest BCUT2D eigenvalue weighted by molar-refractivity contribution is 9.10. The summed E-state index contributed by atoms with van der Waals surface area (Å²) in [4.78, 5) is 12.1. The van der Waals surface area contributed by atoms with Gasteiger partial charge in [0.15, 0.2) is 17.7 Å². The molecule has 22 heavy (non-hydrogen) atoms. The molecule has 1 N–H and O–H groups in total. The largest absolute Gasteiger partial charge is 0.478 e. The van der Waals surface area contributed by atoms with Crippen LogP contribution in [0.15, 0.2) is 40.9 Å². The smallest absolute Gasteiger partial charge is 0.265 e. The average molecular weight is 387 g/mol. The molecule has 6 heteroatoms. The van der Waals surface area contributed by atoms with Crippen molar-refractivity contribution >= 4 is 39.1 Å². The first-order valence-corrected chi connectivity index (χ1v) is 7.72. The van der Waals surface area contributed by atoms with Crippen LogP contribution >= 0.6 is 27.5 Å². The molecular formula is C16H14BrClFNO2. The third-order valence-electron chi connectivity index (χ3n) is 3.02. The van der Waals surface area contributed by atoms with Gasteiger partial charge in [-0.1, -0.05) is 33.6 Å². The van der Waals surface area contributed by atoms with Gasteiger partial charge in [0.1, 0.15) is 0 Å². The zero-order valence-corrected chi connectivity index (χ0v) is 14.3. The van der Waals surface area contributed by atoms with Crippen LogP contribution in [0.4, 0.5) is 10.1 Å². The van der Waals surface area contributed by atoms with Gasteiger partial charge in [-0.05, 0) is 49.7 Å². The van der Waals surface area contributed by atoms with Crippen LogP contribution in [0.5, 0.6) is 5.75 Å². The number of nitrogens with one attached hydrogen (secondary N) is 1. The molecule has 1 amide bonds. The lowest BCUT2D eigenvalue weighted by molar-refractivity contribution is -0.122. The zero-order valence-electron chi connectivity index (χ0n) is 12.0. The number of benzene rings is 2. The van der Waals surface area contributed by atoms with Crippen LogP contribution in [0, 0.1) is 12.7 Å². The van der Waals surface area contributed by atoms with Gasteiger partial charge in [0.05, 0.1) is 0 Å². The molecule has 0 unspecified atom stereocenters. The number of carbonyl (C=O) groups excluding carboxylic acids is 1. The van der Waals surface area contributed by atoms with E-state index in [1.165, 1.54) is 12.1 Å². The minimum absolute atomic E-state index is 0.0219. The second kappa shape index (κ2) is 7.11. The second-order valence-electron chi connectivity index (χ2n) is 4.78. The molecule has 0 spiro atoms. The molecule has 3 nitrogen and oxygen atoms in total. The Morgan fingerprint density at radius 1 is 1.32 bits per heavy atom. The number of anilines is 1. The monoisotopic (exact) mass is 385 g/mol. The van der Waals surface area contributed by atoms with Crippen molar-refractivity contribution in [3.8, 4) is 5.75 Å². The lowest BCUT2D eigenvalue weighted by Gasteiger charge is -2.16. The van der Waals surface area contributed by atoms with E-state index in [-0.39, 0.29) is 11.7 Å². The molecule has 2 aromatic rings. The van der Waals surface area contributed by atoms with E-state index in [1.54, 1.807) is 31.2 Å². The Morgan fingerprint density at radius 2 is 2.05 bits per heavy atom. The molecule has 2 aromatic carbocycles. The first kappa shape index (κ1) is 16.8. The fourth-order valence-corrected chi connectivity index (χ4v) is 2.28. The predicted molar refractivity (Wildman–Crippen MR) is 89.0 cm³/mol. The van der Waals surface area contributed by atoms with Crippen molar-refractivity contribution in [3.63, 3.8) is 0 Å². The van der Waals surface area contributed by atoms with Gasteiger partial charge in [0, 0.05) is 15.2 Å². The highest BCUT2D eigenvalue weighted by atomic mass is 79.9. The van der Waals surface area contributed by atoms with Crippen molar-refractivity contribution < 1.29 is 13.9 Å². The molecule has 116 valence electrons. The Balaban J connectivity index is 2.07. The van der Waals surface area contributed by atoms with E-state index in [0.717, 1.165) is 5.56 Å². The maximum atomic E-state index is 13.7. The third kappa shape index (κ3) is 4.21. The van der Waals surface area contributed by atoms with E-state index >= 15 is 0 Å². The van der Waals surface area contributed by atoms with E-state index in [2.05, 4.69) is 21.2 Å². The standard InChI is InChI=1S/C16H14BrClFNO2/c1-9-3-5-12(18)8-14(9)20-16(21)10(2)22-15-6-4-11(17)7-13(15)19/h3-8,10H,1-2H3,(H,20,21)/t10-/m0/s1. The maximum absolute atomic E-state index is 13.7. The first-order valence-electron chi connectivity index (χ1n) is 6.55. The molecule has 0 heterocycles. The lowest BCUT2D eigenvalue weighted by atomic mass is 10.2. The third-order valence-corrected chi connectivity index (χ3v) is 3.75. The summed E-state index contributed by atoms with van der Waals surface area (Å²) in [6, 6.07) is 9.59. The quantitative estimate of drug-likeness (QED) is 0.807. The minimum atomic E-state index is -0.853. The summed E-state index contributed by atoms with van der Waals surface area (Å²) in [6.45, 7) is 3.41. The van der Waals surface area contributed by atoms with Crippen LogP contribution in [-0.2, 0) is 4.79 Å². The summed E-state index contributed by atoms with van der Waals surface area (Å²) in [5.41, 5.74) is 1.48. The molecule has 0 bridgehead atoms. The van der Waals surface area contributed by atoms with Crippen molar-refractivity contribution in [2.45, 2.75) is 20.0 Å². The number of ether oxygens (including phenoxy) is 1. The Morgan fingerprint density at radius 3 is 2.73 bits per heavy atom. The first-order chi connectivity index (χ1) is 10.4. The van der Waals surface area contributed by atoms with Crippen LogP contribution in [0.3, 0.4) is 0 Å². The summed E-state index contributed by atoms with van der Waals surface area (Å²) >= 11 is 9.07. The highest BCUT2D eigenvalue weighted by Crippen LogP contribution is 2.24. The fourth-order valence-electron chi connectivity index (χ4n) is 1.78. The number of hydrogen-bond acceptors (Lipinski definition) is 2. The molecule has 0 aliphatic rings. The molecule has 1 atom stereocenters. The van der Waals surface area contributed by atoms with Gasteiger partial charge in [0.2, 0.25) is 0 Å². The highest BCUT2D eigenvalue weighted by Gasteiger charge is 2.17. The Labute approximate surface area is 141 Å². The normalized spacial score (nSPS) is 11.9. The fraction of sp³-hybridized carbons (Fsp3) is 0.188. The van der Waals surface area contributed by atoms with E-state index < -0.39 is 11.9 Å². The van der Waals surface area contributed by atoms with Gasteiger partial charge in [-0.2, -0.15) is 0 Å². The molecule has 2 rings (SSSR count). The van der Waals surface area contributed by atoms with Crippen molar-refractivity contribution in [2.75, 3.05) is 5.32 Å². The Hall–Kier alpha value is -1.59. The summed E-state index contributed by atoms with van der Waals surface area (Å²) in [7, 11) is 0. The van der Waals surface area contributed by atoms with Crippen LogP contribution < -0.4 is 10.1 Å². The van der Waals surface area contributed by atoms with E-state index in [4.69, 9.17) is 16.3 Å². The van der Waals surface area contributed by atoms with Gasteiger partial charge in [0.25, 0.3) is 5.91 Å². The molecular weight excluding hydrogens is 373 g/mol. The molecule has 0 saturated heterocycles. The number of amides is 1. The van der Waals surface area contributed by atoms with Crippen LogP contribution in [0.25, 0.3) is 0 Å². The van der Waals surface area contributed by atoms with Crippen LogP contribution in [0.1, 0.15) is 12.5 Å².